The van der Waals surface area contributed by atoms with E-state index in [1.165, 1.54) is 12.5 Å². The third kappa shape index (κ3) is 2.44. The van der Waals surface area contributed by atoms with E-state index in [0.29, 0.717) is 5.56 Å². The van der Waals surface area contributed by atoms with Gasteiger partial charge in [-0.1, -0.05) is 20.8 Å². The molecule has 2 bridgehead atoms. The highest BCUT2D eigenvalue weighted by Crippen LogP contribution is 2.82. The molecule has 6 N–H and O–H groups in total. The van der Waals surface area contributed by atoms with Crippen LogP contribution >= 0.6 is 0 Å². The number of aliphatic hydroxyl groups is 6. The molecule has 1 aromatic heterocycles. The number of methoxy groups -OCH3 is 1. The van der Waals surface area contributed by atoms with Gasteiger partial charge in [-0.05, 0) is 31.2 Å². The molecule has 0 amide bonds. The summed E-state index contributed by atoms with van der Waals surface area (Å²) < 4.78 is 15.7. The van der Waals surface area contributed by atoms with Crippen LogP contribution in [0.5, 0.6) is 0 Å². The van der Waals surface area contributed by atoms with Gasteiger partial charge >= 0.3 is 11.9 Å². The third-order valence-electron chi connectivity index (χ3n) is 11.9. The summed E-state index contributed by atoms with van der Waals surface area (Å²) in [6.07, 6.45) is -3.59. The van der Waals surface area contributed by atoms with Gasteiger partial charge in [0, 0.05) is 33.6 Å². The van der Waals surface area contributed by atoms with Crippen LogP contribution in [0.2, 0.25) is 0 Å². The van der Waals surface area contributed by atoms with Crippen molar-refractivity contribution in [3.8, 4) is 0 Å². The Hall–Kier alpha value is -2.02. The Labute approximate surface area is 219 Å². The van der Waals surface area contributed by atoms with Gasteiger partial charge in [-0.2, -0.15) is 0 Å². The number of carbonyl (C=O) groups excluding carboxylic acids is 2. The molecule has 38 heavy (non-hydrogen) atoms. The first-order valence-electron chi connectivity index (χ1n) is 13.1. The zero-order valence-corrected chi connectivity index (χ0v) is 21.8. The van der Waals surface area contributed by atoms with Gasteiger partial charge in [0.25, 0.3) is 0 Å². The van der Waals surface area contributed by atoms with Gasteiger partial charge in [-0.15, -0.1) is 0 Å². The van der Waals surface area contributed by atoms with E-state index in [1.54, 1.807) is 26.8 Å². The lowest BCUT2D eigenvalue weighted by Gasteiger charge is -2.66. The van der Waals surface area contributed by atoms with Crippen LogP contribution in [0.15, 0.2) is 23.0 Å². The van der Waals surface area contributed by atoms with E-state index in [2.05, 4.69) is 0 Å². The van der Waals surface area contributed by atoms with Crippen LogP contribution in [-0.4, -0.2) is 84.8 Å². The second kappa shape index (κ2) is 7.38. The molecule has 5 fully saturated rings. The van der Waals surface area contributed by atoms with Gasteiger partial charge in [0.2, 0.25) is 0 Å². The van der Waals surface area contributed by atoms with Crippen molar-refractivity contribution in [1.82, 2.24) is 0 Å². The van der Waals surface area contributed by atoms with Crippen molar-refractivity contribution in [1.29, 1.82) is 0 Å². The molecule has 4 saturated carbocycles. The lowest BCUT2D eigenvalue weighted by Crippen LogP contribution is -2.78. The number of hydrogen-bond acceptors (Lipinski definition) is 11. The van der Waals surface area contributed by atoms with E-state index in [9.17, 15) is 40.2 Å². The number of fused-ring (bicyclic) bond motifs is 6. The maximum atomic E-state index is 13.0. The molecule has 210 valence electrons. The number of furan rings is 1. The molecule has 11 heteroatoms. The Morgan fingerprint density at radius 2 is 1.87 bits per heavy atom. The molecule has 13 atom stereocenters. The number of cyclic esters (lactones) is 1. The molecule has 1 aromatic rings. The Morgan fingerprint density at radius 1 is 1.18 bits per heavy atom. The van der Waals surface area contributed by atoms with E-state index in [-0.39, 0.29) is 19.3 Å². The number of esters is 2. The highest BCUT2D eigenvalue weighted by atomic mass is 16.6. The van der Waals surface area contributed by atoms with Crippen molar-refractivity contribution in [3.05, 3.63) is 24.2 Å². The number of carbonyl (C=O) groups is 2. The molecule has 5 aliphatic rings. The van der Waals surface area contributed by atoms with Gasteiger partial charge in [-0.3, -0.25) is 4.79 Å². The predicted molar refractivity (Wildman–Crippen MR) is 126 cm³/mol. The minimum Gasteiger partial charge on any atom is -0.472 e. The second-order valence-electron chi connectivity index (χ2n) is 13.0. The standard InChI is InChI=1S/C27H36O11/c1-22-11-25(33)18(15(29)19(22)31)27(35)13(24(25,3)17(22)16(30)21(32)36-4)5-7-23(2)20(12-6-8-37-10-12)38-14(28)9-26(23,27)34/h6,8,10,13,15-20,29-31,33-35H,5,7,9,11H2,1-4H3. The number of ether oxygens (including phenoxy) is 2. The summed E-state index contributed by atoms with van der Waals surface area (Å²) in [4.78, 5) is 25.7. The van der Waals surface area contributed by atoms with Crippen molar-refractivity contribution < 1.29 is 54.1 Å². The molecule has 13 unspecified atom stereocenters. The summed E-state index contributed by atoms with van der Waals surface area (Å²) in [7, 11) is 1.11. The van der Waals surface area contributed by atoms with Gasteiger partial charge in [0.1, 0.15) is 17.3 Å². The van der Waals surface area contributed by atoms with Crippen LogP contribution in [0.25, 0.3) is 0 Å². The molecule has 0 radical (unpaired) electrons. The van der Waals surface area contributed by atoms with Crippen molar-refractivity contribution in [2.45, 2.75) is 87.7 Å². The van der Waals surface area contributed by atoms with Crippen LogP contribution in [-0.2, 0) is 19.1 Å². The zero-order chi connectivity index (χ0) is 27.8. The molecule has 1 aliphatic heterocycles. The highest BCUT2D eigenvalue weighted by molar-refractivity contribution is 5.76. The van der Waals surface area contributed by atoms with E-state index < -0.39 is 93.6 Å². The van der Waals surface area contributed by atoms with Crippen LogP contribution < -0.4 is 0 Å². The summed E-state index contributed by atoms with van der Waals surface area (Å²) in [6, 6.07) is 1.61. The summed E-state index contributed by atoms with van der Waals surface area (Å²) in [5.41, 5.74) is -10.0. The fourth-order valence-corrected chi connectivity index (χ4v) is 10.4. The lowest BCUT2D eigenvalue weighted by molar-refractivity contribution is -0.335. The minimum atomic E-state index is -2.30. The van der Waals surface area contributed by atoms with Crippen molar-refractivity contribution in [2.75, 3.05) is 7.11 Å². The molecular formula is C27H36O11. The quantitative estimate of drug-likeness (QED) is 0.281. The maximum Gasteiger partial charge on any atom is 0.335 e. The van der Waals surface area contributed by atoms with E-state index in [0.717, 1.165) is 7.11 Å². The predicted octanol–water partition coefficient (Wildman–Crippen LogP) is -0.191. The molecular weight excluding hydrogens is 500 g/mol. The zero-order valence-electron chi connectivity index (χ0n) is 21.8. The smallest absolute Gasteiger partial charge is 0.335 e. The molecule has 4 aliphatic carbocycles. The third-order valence-corrected chi connectivity index (χ3v) is 11.9. The van der Waals surface area contributed by atoms with Crippen LogP contribution in [0.4, 0.5) is 0 Å². The van der Waals surface area contributed by atoms with Gasteiger partial charge < -0.3 is 44.5 Å². The summed E-state index contributed by atoms with van der Waals surface area (Å²) in [5, 5.41) is 72.2. The van der Waals surface area contributed by atoms with Crippen LogP contribution in [0.1, 0.15) is 58.1 Å². The Bertz CT molecular complexity index is 1190. The largest absolute Gasteiger partial charge is 0.472 e. The summed E-state index contributed by atoms with van der Waals surface area (Å²) in [6.45, 7) is 4.93. The van der Waals surface area contributed by atoms with E-state index in [4.69, 9.17) is 13.9 Å². The molecule has 11 nitrogen and oxygen atoms in total. The summed E-state index contributed by atoms with van der Waals surface area (Å²) >= 11 is 0. The first-order valence-corrected chi connectivity index (χ1v) is 13.1. The number of aliphatic hydroxyl groups excluding tert-OH is 3. The van der Waals surface area contributed by atoms with Gasteiger partial charge in [0.15, 0.2) is 6.10 Å². The average Bonchev–Trinajstić information content (AvgIpc) is 3.46. The first-order chi connectivity index (χ1) is 17.6. The molecule has 1 saturated heterocycles. The fourth-order valence-electron chi connectivity index (χ4n) is 10.4. The van der Waals surface area contributed by atoms with Crippen LogP contribution in [0, 0.1) is 34.0 Å². The molecule has 0 spiro atoms. The lowest BCUT2D eigenvalue weighted by atomic mass is 9.44. The van der Waals surface area contributed by atoms with E-state index in [1.807, 2.05) is 0 Å². The highest BCUT2D eigenvalue weighted by Gasteiger charge is 2.91. The van der Waals surface area contributed by atoms with Crippen molar-refractivity contribution in [3.63, 3.8) is 0 Å². The normalized spacial score (nSPS) is 55.6. The Balaban J connectivity index is 1.60. The van der Waals surface area contributed by atoms with Gasteiger partial charge in [0.05, 0.1) is 43.9 Å². The molecule has 6 rings (SSSR count). The molecule has 2 heterocycles. The van der Waals surface area contributed by atoms with E-state index >= 15 is 0 Å². The fraction of sp³-hybridized carbons (Fsp3) is 0.778. The minimum absolute atomic E-state index is 0.153. The second-order valence-corrected chi connectivity index (χ2v) is 13.0. The topological polar surface area (TPSA) is 187 Å². The average molecular weight is 537 g/mol. The van der Waals surface area contributed by atoms with Crippen LogP contribution in [0.3, 0.4) is 0 Å². The summed E-state index contributed by atoms with van der Waals surface area (Å²) in [5.74, 6) is -5.35. The first kappa shape index (κ1) is 26.2. The molecule has 0 aromatic carbocycles. The Kier molecular flexibility index (Phi) is 5.09. The SMILES string of the molecule is COC(=O)C(O)C1C2(C)CC3(O)C(C(O)C2O)C2(O)C(CCC4(C)C(c5ccoc5)OC(=O)CC42O)C13C. The maximum absolute atomic E-state index is 13.0. The monoisotopic (exact) mass is 536 g/mol. The number of hydrogen-bond donors (Lipinski definition) is 6. The van der Waals surface area contributed by atoms with Crippen molar-refractivity contribution in [2.24, 2.45) is 34.0 Å². The Morgan fingerprint density at radius 3 is 2.47 bits per heavy atom. The van der Waals surface area contributed by atoms with Crippen molar-refractivity contribution >= 4 is 11.9 Å². The number of rotatable bonds is 3. The van der Waals surface area contributed by atoms with Gasteiger partial charge in [-0.25, -0.2) is 4.79 Å².